The quantitative estimate of drug-likeness (QED) is 0.414. The van der Waals surface area contributed by atoms with Gasteiger partial charge in [0.2, 0.25) is 0 Å². The first kappa shape index (κ1) is 24.4. The summed E-state index contributed by atoms with van der Waals surface area (Å²) in [5, 5.41) is 20.1. The monoisotopic (exact) mass is 364 g/mol. The molecule has 0 heterocycles. The van der Waals surface area contributed by atoms with Gasteiger partial charge in [-0.3, -0.25) is 4.79 Å². The van der Waals surface area contributed by atoms with E-state index in [4.69, 9.17) is 4.74 Å². The van der Waals surface area contributed by atoms with E-state index in [0.29, 0.717) is 6.42 Å². The fourth-order valence-electron chi connectivity index (χ4n) is 2.62. The summed E-state index contributed by atoms with van der Waals surface area (Å²) in [5.41, 5.74) is 2.23. The fourth-order valence-corrected chi connectivity index (χ4v) is 2.62. The number of hydrogen-bond donors (Lipinski definition) is 2. The predicted octanol–water partition coefficient (Wildman–Crippen LogP) is 4.64. The molecule has 4 nitrogen and oxygen atoms in total. The first-order valence-corrected chi connectivity index (χ1v) is 9.14. The molecule has 3 unspecified atom stereocenters. The Morgan fingerprint density at radius 3 is 2.27 bits per heavy atom. The first-order valence-electron chi connectivity index (χ1n) is 9.14. The van der Waals surface area contributed by atoms with E-state index in [2.05, 4.69) is 26.5 Å². The van der Waals surface area contributed by atoms with Crippen LogP contribution >= 0.6 is 0 Å². The second kappa shape index (κ2) is 11.9. The number of carbonyl (C=O) groups excluding carboxylic acids is 1. The Kier molecular flexibility index (Phi) is 11.1. The molecule has 0 saturated heterocycles. The van der Waals surface area contributed by atoms with Crippen LogP contribution in [0.3, 0.4) is 0 Å². The number of aliphatic hydroxyl groups is 2. The summed E-state index contributed by atoms with van der Waals surface area (Å²) >= 11 is 0. The van der Waals surface area contributed by atoms with Gasteiger partial charge in [0.15, 0.2) is 0 Å². The first-order chi connectivity index (χ1) is 11.9. The molecule has 26 heavy (non-hydrogen) atoms. The van der Waals surface area contributed by atoms with E-state index in [1.165, 1.54) is 18.6 Å². The van der Waals surface area contributed by atoms with Crippen molar-refractivity contribution in [2.24, 2.45) is 0 Å². The molecule has 0 aliphatic heterocycles. The molecule has 0 aromatic rings. The molecule has 0 aromatic heterocycles. The Morgan fingerprint density at radius 2 is 1.77 bits per heavy atom. The molecule has 0 aromatic carbocycles. The van der Waals surface area contributed by atoms with Gasteiger partial charge in [0.05, 0.1) is 11.7 Å². The maximum Gasteiger partial charge on any atom is 0.303 e. The van der Waals surface area contributed by atoms with Crippen molar-refractivity contribution >= 4 is 5.97 Å². The molecule has 0 radical (unpaired) electrons. The zero-order chi connectivity index (χ0) is 20.3. The molecule has 0 aliphatic carbocycles. The van der Waals surface area contributed by atoms with Crippen molar-refractivity contribution in [3.63, 3.8) is 0 Å². The van der Waals surface area contributed by atoms with Crippen molar-refractivity contribution in [1.29, 1.82) is 0 Å². The van der Waals surface area contributed by atoms with Gasteiger partial charge in [-0.15, -0.1) is 6.58 Å². The van der Waals surface area contributed by atoms with Crippen molar-refractivity contribution in [3.05, 3.63) is 47.6 Å². The van der Waals surface area contributed by atoms with Crippen LogP contribution in [0.25, 0.3) is 0 Å². The highest BCUT2D eigenvalue weighted by Crippen LogP contribution is 2.18. The summed E-state index contributed by atoms with van der Waals surface area (Å²) in [6, 6.07) is 0. The van der Waals surface area contributed by atoms with Gasteiger partial charge in [-0.25, -0.2) is 0 Å². The van der Waals surface area contributed by atoms with Crippen LogP contribution in [0.1, 0.15) is 67.2 Å². The lowest BCUT2D eigenvalue weighted by Crippen LogP contribution is -2.26. The largest absolute Gasteiger partial charge is 0.458 e. The molecule has 0 amide bonds. The highest BCUT2D eigenvalue weighted by Gasteiger charge is 2.20. The second-order valence-corrected chi connectivity index (χ2v) is 7.53. The Morgan fingerprint density at radius 1 is 1.15 bits per heavy atom. The van der Waals surface area contributed by atoms with Crippen LogP contribution in [-0.4, -0.2) is 34.0 Å². The maximum atomic E-state index is 11.4. The van der Waals surface area contributed by atoms with Crippen LogP contribution in [0.4, 0.5) is 0 Å². The minimum atomic E-state index is -1.12. The Hall–Kier alpha value is -1.65. The van der Waals surface area contributed by atoms with Gasteiger partial charge in [-0.05, 0) is 53.5 Å². The highest BCUT2D eigenvalue weighted by molar-refractivity contribution is 5.66. The van der Waals surface area contributed by atoms with E-state index in [0.717, 1.165) is 24.0 Å². The van der Waals surface area contributed by atoms with Crippen LogP contribution < -0.4 is 0 Å². The highest BCUT2D eigenvalue weighted by atomic mass is 16.5. The molecular weight excluding hydrogens is 328 g/mol. The van der Waals surface area contributed by atoms with Crippen molar-refractivity contribution in [2.45, 2.75) is 85.0 Å². The van der Waals surface area contributed by atoms with Crippen LogP contribution in [0.15, 0.2) is 47.6 Å². The summed E-state index contributed by atoms with van der Waals surface area (Å²) in [7, 11) is 0. The Bertz CT molecular complexity index is 548. The van der Waals surface area contributed by atoms with E-state index < -0.39 is 11.7 Å². The van der Waals surface area contributed by atoms with Gasteiger partial charge in [0, 0.05) is 19.8 Å². The molecule has 2 N–H and O–H groups in total. The Labute approximate surface area is 159 Å². The number of ether oxygens (including phenoxy) is 1. The van der Waals surface area contributed by atoms with E-state index in [1.54, 1.807) is 13.0 Å². The smallest absolute Gasteiger partial charge is 0.303 e. The molecule has 0 aliphatic rings. The summed E-state index contributed by atoms with van der Waals surface area (Å²) < 4.78 is 5.40. The molecular formula is C22H36O4. The predicted molar refractivity (Wildman–Crippen MR) is 108 cm³/mol. The summed E-state index contributed by atoms with van der Waals surface area (Å²) in [5.74, 6) is -0.328. The number of esters is 1. The van der Waals surface area contributed by atoms with E-state index in [1.807, 2.05) is 19.9 Å². The van der Waals surface area contributed by atoms with Gasteiger partial charge in [-0.2, -0.15) is 0 Å². The molecule has 0 saturated carbocycles. The molecule has 148 valence electrons. The van der Waals surface area contributed by atoms with Crippen molar-refractivity contribution in [1.82, 2.24) is 0 Å². The lowest BCUT2D eigenvalue weighted by molar-refractivity contribution is -0.144. The fraction of sp³-hybridized carbons (Fsp3) is 0.591. The molecule has 0 bridgehead atoms. The summed E-state index contributed by atoms with van der Waals surface area (Å²) in [6.07, 6.45) is 8.68. The SMILES string of the molecule is C=CC(C)(O)CC(O)C=C(C)CC(C=C(C)CCC=C(C)C)OC(C)=O. The molecule has 3 atom stereocenters. The van der Waals surface area contributed by atoms with Gasteiger partial charge in [0.1, 0.15) is 6.10 Å². The standard InChI is InChI=1S/C22H36O4/c1-8-22(7,25)15-20(24)12-18(5)14-21(26-19(6)23)13-17(4)11-9-10-16(2)3/h8,10,12-13,20-21,24-25H,1,9,11,14-15H2,2-7H3. The molecule has 0 fully saturated rings. The van der Waals surface area contributed by atoms with Crippen LogP contribution in [0.2, 0.25) is 0 Å². The average molecular weight is 365 g/mol. The van der Waals surface area contributed by atoms with Crippen LogP contribution in [0, 0.1) is 0 Å². The third kappa shape index (κ3) is 12.7. The number of hydrogen-bond acceptors (Lipinski definition) is 4. The molecule has 0 spiro atoms. The van der Waals surface area contributed by atoms with Crippen molar-refractivity contribution < 1.29 is 19.7 Å². The number of aliphatic hydroxyl groups excluding tert-OH is 1. The Balaban J connectivity index is 4.97. The van der Waals surface area contributed by atoms with Crippen LogP contribution in [0.5, 0.6) is 0 Å². The third-order valence-corrected chi connectivity index (χ3v) is 3.94. The lowest BCUT2D eigenvalue weighted by Gasteiger charge is -2.21. The van der Waals surface area contributed by atoms with Gasteiger partial charge in [0.25, 0.3) is 0 Å². The topological polar surface area (TPSA) is 66.8 Å². The van der Waals surface area contributed by atoms with Crippen LogP contribution in [-0.2, 0) is 9.53 Å². The van der Waals surface area contributed by atoms with Gasteiger partial charge < -0.3 is 14.9 Å². The van der Waals surface area contributed by atoms with Gasteiger partial charge in [-0.1, -0.05) is 34.9 Å². The number of carbonyl (C=O) groups is 1. The maximum absolute atomic E-state index is 11.4. The summed E-state index contributed by atoms with van der Waals surface area (Å²) in [6.45, 7) is 14.6. The van der Waals surface area contributed by atoms with Crippen molar-refractivity contribution in [3.8, 4) is 0 Å². The normalized spacial score (nSPS) is 17.1. The van der Waals surface area contributed by atoms with Gasteiger partial charge >= 0.3 is 5.97 Å². The second-order valence-electron chi connectivity index (χ2n) is 7.53. The minimum Gasteiger partial charge on any atom is -0.458 e. The van der Waals surface area contributed by atoms with E-state index in [-0.39, 0.29) is 18.5 Å². The van der Waals surface area contributed by atoms with E-state index in [9.17, 15) is 15.0 Å². The minimum absolute atomic E-state index is 0.170. The average Bonchev–Trinajstić information content (AvgIpc) is 2.44. The number of rotatable bonds is 11. The lowest BCUT2D eigenvalue weighted by atomic mass is 9.96. The zero-order valence-electron chi connectivity index (χ0n) is 17.2. The van der Waals surface area contributed by atoms with Crippen molar-refractivity contribution in [2.75, 3.05) is 0 Å². The summed E-state index contributed by atoms with van der Waals surface area (Å²) in [4.78, 5) is 11.4. The van der Waals surface area contributed by atoms with E-state index >= 15 is 0 Å². The third-order valence-electron chi connectivity index (χ3n) is 3.94. The number of allylic oxidation sites excluding steroid dienone is 3. The molecule has 0 rings (SSSR count). The molecule has 4 heteroatoms. The zero-order valence-corrected chi connectivity index (χ0v) is 17.2.